The number of nitrogens with one attached hydrogen (secondary N) is 1. The Morgan fingerprint density at radius 1 is 1.03 bits per heavy atom. The molecule has 8 heteroatoms. The Balaban J connectivity index is 1.81. The molecule has 0 radical (unpaired) electrons. The summed E-state index contributed by atoms with van der Waals surface area (Å²) in [6, 6.07) is 19.0. The van der Waals surface area contributed by atoms with Gasteiger partial charge in [0.15, 0.2) is 0 Å². The lowest BCUT2D eigenvalue weighted by Gasteiger charge is -2.20. The monoisotopic (exact) mass is 486 g/mol. The normalized spacial score (nSPS) is 11.4. The molecule has 0 fully saturated rings. The van der Waals surface area contributed by atoms with Gasteiger partial charge >= 0.3 is 0 Å². The number of carbonyl (C=O) groups excluding carboxylic acids is 1. The fourth-order valence-corrected chi connectivity index (χ4v) is 4.63. The zero-order valence-electron chi connectivity index (χ0n) is 18.8. The third-order valence-electron chi connectivity index (χ3n) is 5.14. The highest BCUT2D eigenvalue weighted by Gasteiger charge is 2.22. The Morgan fingerprint density at radius 2 is 1.73 bits per heavy atom. The Bertz CT molecular complexity index is 1230. The summed E-state index contributed by atoms with van der Waals surface area (Å²) in [4.78, 5) is 13.0. The van der Waals surface area contributed by atoms with Gasteiger partial charge in [-0.15, -0.1) is 0 Å². The number of rotatable bonds is 9. The van der Waals surface area contributed by atoms with Gasteiger partial charge in [0, 0.05) is 36.3 Å². The molecule has 3 aromatic carbocycles. The van der Waals surface area contributed by atoms with E-state index in [2.05, 4.69) is 5.32 Å². The van der Waals surface area contributed by atoms with Crippen LogP contribution in [0.15, 0.2) is 71.6 Å². The molecule has 174 valence electrons. The van der Waals surface area contributed by atoms with Crippen LogP contribution in [-0.2, 0) is 23.1 Å². The number of halogens is 1. The van der Waals surface area contributed by atoms with Crippen molar-refractivity contribution in [1.82, 2.24) is 9.62 Å². The molecule has 6 nitrogen and oxygen atoms in total. The third-order valence-corrected chi connectivity index (χ3v) is 7.33. The second-order valence-electron chi connectivity index (χ2n) is 7.60. The molecule has 3 rings (SSSR count). The first-order valence-corrected chi connectivity index (χ1v) is 12.3. The number of hydrogen-bond donors (Lipinski definition) is 1. The van der Waals surface area contributed by atoms with Gasteiger partial charge in [-0.3, -0.25) is 4.79 Å². The summed E-state index contributed by atoms with van der Waals surface area (Å²) in [7, 11) is -2.20. The van der Waals surface area contributed by atoms with Crippen molar-refractivity contribution in [3.8, 4) is 5.75 Å². The number of carbonyl (C=O) groups is 1. The minimum Gasteiger partial charge on any atom is -0.494 e. The van der Waals surface area contributed by atoms with Crippen molar-refractivity contribution in [3.63, 3.8) is 0 Å². The topological polar surface area (TPSA) is 75.7 Å². The molecule has 33 heavy (non-hydrogen) atoms. The summed E-state index contributed by atoms with van der Waals surface area (Å²) >= 11 is 6.16. The number of sulfonamides is 1. The maximum Gasteiger partial charge on any atom is 0.251 e. The van der Waals surface area contributed by atoms with E-state index in [1.165, 1.54) is 11.4 Å². The number of ether oxygens (including phenoxy) is 1. The van der Waals surface area contributed by atoms with Crippen LogP contribution in [0.3, 0.4) is 0 Å². The van der Waals surface area contributed by atoms with Crippen molar-refractivity contribution in [2.45, 2.75) is 31.8 Å². The van der Waals surface area contributed by atoms with Gasteiger partial charge in [-0.05, 0) is 55.8 Å². The minimum absolute atomic E-state index is 0.0528. The number of nitrogens with zero attached hydrogens (tertiary/aromatic N) is 1. The Morgan fingerprint density at radius 3 is 2.39 bits per heavy atom. The summed E-state index contributed by atoms with van der Waals surface area (Å²) in [5, 5.41) is 3.43. The number of amides is 1. The fourth-order valence-electron chi connectivity index (χ4n) is 3.27. The molecular formula is C25H27ClN2O4S. The molecule has 0 bridgehead atoms. The van der Waals surface area contributed by atoms with E-state index < -0.39 is 10.0 Å². The van der Waals surface area contributed by atoms with E-state index in [1.807, 2.05) is 32.0 Å². The molecule has 0 saturated carbocycles. The van der Waals surface area contributed by atoms with Gasteiger partial charge in [0.25, 0.3) is 5.91 Å². The van der Waals surface area contributed by atoms with Gasteiger partial charge in [0.05, 0.1) is 11.5 Å². The quantitative estimate of drug-likeness (QED) is 0.471. The average molecular weight is 487 g/mol. The van der Waals surface area contributed by atoms with E-state index in [1.54, 1.807) is 48.5 Å². The van der Waals surface area contributed by atoms with E-state index in [-0.39, 0.29) is 23.9 Å². The van der Waals surface area contributed by atoms with Crippen molar-refractivity contribution in [3.05, 3.63) is 94.0 Å². The lowest BCUT2D eigenvalue weighted by atomic mass is 10.1. The van der Waals surface area contributed by atoms with Crippen LogP contribution in [-0.4, -0.2) is 32.3 Å². The van der Waals surface area contributed by atoms with Gasteiger partial charge < -0.3 is 10.1 Å². The first-order chi connectivity index (χ1) is 15.7. The van der Waals surface area contributed by atoms with Crippen LogP contribution in [0.25, 0.3) is 0 Å². The first kappa shape index (κ1) is 24.8. The molecule has 0 aromatic heterocycles. The van der Waals surface area contributed by atoms with Gasteiger partial charge in [-0.1, -0.05) is 47.5 Å². The van der Waals surface area contributed by atoms with Crippen LogP contribution in [0.1, 0.15) is 34.0 Å². The summed E-state index contributed by atoms with van der Waals surface area (Å²) in [6.07, 6.45) is 0. The number of benzene rings is 3. The first-order valence-electron chi connectivity index (χ1n) is 10.5. The molecule has 0 spiro atoms. The number of aryl methyl sites for hydroxylation is 1. The zero-order chi connectivity index (χ0) is 24.0. The molecule has 0 atom stereocenters. The standard InChI is InChI=1S/C25H27ClN2O4S/c1-4-32-24-14-11-19(25(29)27-16-20-7-5-6-8-23(20)26)15-21(24)17-28(3)33(30,31)22-12-9-18(2)10-13-22/h5-15H,4,16-17H2,1-3H3,(H,27,29). The largest absolute Gasteiger partial charge is 0.494 e. The summed E-state index contributed by atoms with van der Waals surface area (Å²) in [5.41, 5.74) is 2.79. The van der Waals surface area contributed by atoms with E-state index >= 15 is 0 Å². The maximum atomic E-state index is 13.0. The van der Waals surface area contributed by atoms with Crippen LogP contribution >= 0.6 is 11.6 Å². The average Bonchev–Trinajstić information content (AvgIpc) is 2.79. The smallest absolute Gasteiger partial charge is 0.251 e. The van der Waals surface area contributed by atoms with Gasteiger partial charge in [0.1, 0.15) is 5.75 Å². The predicted molar refractivity (Wildman–Crippen MR) is 130 cm³/mol. The maximum absolute atomic E-state index is 13.0. The highest BCUT2D eigenvalue weighted by Crippen LogP contribution is 2.25. The lowest BCUT2D eigenvalue weighted by molar-refractivity contribution is 0.0950. The molecule has 3 aromatic rings. The van der Waals surface area contributed by atoms with E-state index in [4.69, 9.17) is 16.3 Å². The lowest BCUT2D eigenvalue weighted by Crippen LogP contribution is -2.27. The predicted octanol–water partition coefficient (Wildman–Crippen LogP) is 4.80. The summed E-state index contributed by atoms with van der Waals surface area (Å²) < 4.78 is 33.0. The number of hydrogen-bond acceptors (Lipinski definition) is 4. The minimum atomic E-state index is -3.71. The second kappa shape index (κ2) is 10.8. The summed E-state index contributed by atoms with van der Waals surface area (Å²) in [6.45, 7) is 4.50. The van der Waals surface area contributed by atoms with Crippen LogP contribution in [0, 0.1) is 6.92 Å². The van der Waals surface area contributed by atoms with E-state index in [0.717, 1.165) is 11.1 Å². The molecule has 0 aliphatic carbocycles. The molecular weight excluding hydrogens is 460 g/mol. The van der Waals surface area contributed by atoms with Gasteiger partial charge in [0.2, 0.25) is 10.0 Å². The fraction of sp³-hybridized carbons (Fsp3) is 0.240. The van der Waals surface area contributed by atoms with E-state index in [0.29, 0.717) is 28.5 Å². The molecule has 0 aliphatic heterocycles. The van der Waals surface area contributed by atoms with Crippen molar-refractivity contribution in [1.29, 1.82) is 0 Å². The molecule has 0 heterocycles. The second-order valence-corrected chi connectivity index (χ2v) is 10.1. The Hall–Kier alpha value is -2.87. The SMILES string of the molecule is CCOc1ccc(C(=O)NCc2ccccc2Cl)cc1CN(C)S(=O)(=O)c1ccc(C)cc1. The molecule has 1 N–H and O–H groups in total. The van der Waals surface area contributed by atoms with Gasteiger partial charge in [-0.25, -0.2) is 8.42 Å². The van der Waals surface area contributed by atoms with Gasteiger partial charge in [-0.2, -0.15) is 4.31 Å². The highest BCUT2D eigenvalue weighted by molar-refractivity contribution is 7.89. The van der Waals surface area contributed by atoms with Crippen LogP contribution in [0.4, 0.5) is 0 Å². The highest BCUT2D eigenvalue weighted by atomic mass is 35.5. The Kier molecular flexibility index (Phi) is 8.13. The summed E-state index contributed by atoms with van der Waals surface area (Å²) in [5.74, 6) is 0.245. The van der Waals surface area contributed by atoms with Crippen molar-refractivity contribution in [2.24, 2.45) is 0 Å². The molecule has 0 saturated heterocycles. The van der Waals surface area contributed by atoms with Crippen LogP contribution in [0.2, 0.25) is 5.02 Å². The van der Waals surface area contributed by atoms with Crippen molar-refractivity contribution >= 4 is 27.5 Å². The van der Waals surface area contributed by atoms with Crippen LogP contribution < -0.4 is 10.1 Å². The third kappa shape index (κ3) is 6.13. The van der Waals surface area contributed by atoms with E-state index in [9.17, 15) is 13.2 Å². The van der Waals surface area contributed by atoms with Crippen LogP contribution in [0.5, 0.6) is 5.75 Å². The van der Waals surface area contributed by atoms with Crippen molar-refractivity contribution < 1.29 is 17.9 Å². The Labute approximate surface area is 200 Å². The molecule has 0 unspecified atom stereocenters. The zero-order valence-corrected chi connectivity index (χ0v) is 20.4. The molecule has 1 amide bonds. The van der Waals surface area contributed by atoms with Crippen molar-refractivity contribution in [2.75, 3.05) is 13.7 Å². The molecule has 0 aliphatic rings.